The van der Waals surface area contributed by atoms with Gasteiger partial charge in [0.1, 0.15) is 0 Å². The largest absolute Gasteiger partial charge is 0.384 e. The summed E-state index contributed by atoms with van der Waals surface area (Å²) in [5.41, 5.74) is 3.46. The monoisotopic (exact) mass is 347 g/mol. The Morgan fingerprint density at radius 3 is 3.05 bits per heavy atom. The number of aromatic nitrogens is 2. The van der Waals surface area contributed by atoms with E-state index in [1.165, 1.54) is 11.3 Å². The fourth-order valence-corrected chi connectivity index (χ4v) is 3.61. The highest BCUT2D eigenvalue weighted by Crippen LogP contribution is 2.32. The quantitative estimate of drug-likeness (QED) is 0.754. The molecule has 20 heavy (non-hydrogen) atoms. The van der Waals surface area contributed by atoms with Crippen molar-refractivity contribution in [1.82, 2.24) is 10.1 Å². The molecule has 1 aliphatic rings. The summed E-state index contributed by atoms with van der Waals surface area (Å²) in [6.07, 6.45) is 1.08. The molecule has 1 N–H and O–H groups in total. The van der Waals surface area contributed by atoms with Crippen LogP contribution in [0.15, 0.2) is 38.6 Å². The van der Waals surface area contributed by atoms with Gasteiger partial charge in [0.05, 0.1) is 8.66 Å². The molecule has 0 bridgehead atoms. The molecule has 100 valence electrons. The van der Waals surface area contributed by atoms with Gasteiger partial charge in [0.15, 0.2) is 0 Å². The van der Waals surface area contributed by atoms with Crippen molar-refractivity contribution < 1.29 is 4.52 Å². The maximum absolute atomic E-state index is 5.38. The highest BCUT2D eigenvalue weighted by Gasteiger charge is 2.15. The minimum absolute atomic E-state index is 0.557. The molecule has 0 saturated heterocycles. The van der Waals surface area contributed by atoms with Crippen molar-refractivity contribution in [3.8, 4) is 22.2 Å². The predicted molar refractivity (Wildman–Crippen MR) is 82.9 cm³/mol. The summed E-state index contributed by atoms with van der Waals surface area (Å²) in [5, 5.41) is 7.41. The molecule has 0 unspecified atom stereocenters. The second-order valence-electron chi connectivity index (χ2n) is 4.58. The van der Waals surface area contributed by atoms with Crippen molar-refractivity contribution in [2.45, 2.75) is 6.42 Å². The van der Waals surface area contributed by atoms with Crippen molar-refractivity contribution in [3.63, 3.8) is 0 Å². The zero-order valence-corrected chi connectivity index (χ0v) is 12.8. The Kier molecular flexibility index (Phi) is 2.85. The van der Waals surface area contributed by atoms with E-state index in [-0.39, 0.29) is 0 Å². The average Bonchev–Trinajstić information content (AvgIpc) is 3.17. The lowest BCUT2D eigenvalue weighted by Crippen LogP contribution is -1.91. The smallest absolute Gasteiger partial charge is 0.258 e. The first-order valence-electron chi connectivity index (χ1n) is 6.26. The van der Waals surface area contributed by atoms with Gasteiger partial charge >= 0.3 is 0 Å². The molecule has 4 nitrogen and oxygen atoms in total. The van der Waals surface area contributed by atoms with Crippen molar-refractivity contribution in [1.29, 1.82) is 0 Å². The molecule has 0 saturated carbocycles. The number of thiophene rings is 1. The molecule has 0 amide bonds. The number of halogens is 1. The summed E-state index contributed by atoms with van der Waals surface area (Å²) >= 11 is 5.03. The van der Waals surface area contributed by atoms with E-state index in [4.69, 9.17) is 4.52 Å². The first kappa shape index (κ1) is 12.1. The van der Waals surface area contributed by atoms with Gasteiger partial charge in [-0.15, -0.1) is 11.3 Å². The lowest BCUT2D eigenvalue weighted by atomic mass is 10.1. The van der Waals surface area contributed by atoms with Crippen molar-refractivity contribution >= 4 is 33.0 Å². The van der Waals surface area contributed by atoms with E-state index in [0.717, 1.165) is 27.2 Å². The molecular weight excluding hydrogens is 338 g/mol. The SMILES string of the molecule is Brc1ccc(-c2noc(-c3ccc4c(c3)NCC4)n2)s1. The fraction of sp³-hybridized carbons (Fsp3) is 0.143. The molecule has 6 heteroatoms. The van der Waals surface area contributed by atoms with Crippen LogP contribution in [0.1, 0.15) is 5.56 Å². The van der Waals surface area contributed by atoms with Gasteiger partial charge in [-0.2, -0.15) is 4.98 Å². The Hall–Kier alpha value is -1.66. The predicted octanol–water partition coefficient (Wildman–Crippen LogP) is 4.20. The third kappa shape index (κ3) is 2.05. The van der Waals surface area contributed by atoms with Gasteiger partial charge in [0.2, 0.25) is 5.82 Å². The number of nitrogens with one attached hydrogen (secondary N) is 1. The fourth-order valence-electron chi connectivity index (χ4n) is 2.30. The van der Waals surface area contributed by atoms with Crippen molar-refractivity contribution in [2.75, 3.05) is 11.9 Å². The van der Waals surface area contributed by atoms with Crippen LogP contribution in [0, 0.1) is 0 Å². The summed E-state index contributed by atoms with van der Waals surface area (Å²) in [6, 6.07) is 10.2. The van der Waals surface area contributed by atoms with E-state index in [9.17, 15) is 0 Å². The molecule has 3 heterocycles. The van der Waals surface area contributed by atoms with Crippen LogP contribution in [0.3, 0.4) is 0 Å². The standard InChI is InChI=1S/C14H10BrN3OS/c15-12-4-3-11(20-12)13-17-14(19-18-13)9-2-1-8-5-6-16-10(8)7-9/h1-4,7,16H,5-6H2. The summed E-state index contributed by atoms with van der Waals surface area (Å²) in [6.45, 7) is 0.997. The van der Waals surface area contributed by atoms with Gasteiger partial charge in [-0.05, 0) is 52.2 Å². The third-order valence-corrected chi connectivity index (χ3v) is 4.91. The van der Waals surface area contributed by atoms with Crippen LogP contribution in [-0.2, 0) is 6.42 Å². The van der Waals surface area contributed by atoms with Crippen molar-refractivity contribution in [3.05, 3.63) is 39.7 Å². The maximum Gasteiger partial charge on any atom is 0.258 e. The van der Waals surface area contributed by atoms with E-state index < -0.39 is 0 Å². The molecule has 4 rings (SSSR count). The highest BCUT2D eigenvalue weighted by atomic mass is 79.9. The first-order chi connectivity index (χ1) is 9.79. The molecule has 3 aromatic rings. The van der Waals surface area contributed by atoms with Crippen LogP contribution in [0.5, 0.6) is 0 Å². The number of nitrogens with zero attached hydrogens (tertiary/aromatic N) is 2. The van der Waals surface area contributed by atoms with Crippen LogP contribution in [0.25, 0.3) is 22.2 Å². The topological polar surface area (TPSA) is 51.0 Å². The Bertz CT molecular complexity index is 780. The van der Waals surface area contributed by atoms with E-state index >= 15 is 0 Å². The molecule has 0 spiro atoms. The number of hydrogen-bond donors (Lipinski definition) is 1. The normalized spacial score (nSPS) is 13.2. The molecule has 1 aromatic carbocycles. The third-order valence-electron chi connectivity index (χ3n) is 3.29. The van der Waals surface area contributed by atoms with Crippen LogP contribution in [0.2, 0.25) is 0 Å². The summed E-state index contributed by atoms with van der Waals surface area (Å²) in [4.78, 5) is 5.47. The van der Waals surface area contributed by atoms with Gasteiger partial charge < -0.3 is 9.84 Å². The Labute approximate surface area is 128 Å². The van der Waals surface area contributed by atoms with Crippen LogP contribution in [0.4, 0.5) is 5.69 Å². The summed E-state index contributed by atoms with van der Waals surface area (Å²) in [7, 11) is 0. The average molecular weight is 348 g/mol. The van der Waals surface area contributed by atoms with Crippen LogP contribution in [-0.4, -0.2) is 16.7 Å². The minimum Gasteiger partial charge on any atom is -0.384 e. The molecule has 0 aliphatic carbocycles. The van der Waals surface area contributed by atoms with E-state index in [1.54, 1.807) is 11.3 Å². The van der Waals surface area contributed by atoms with Crippen LogP contribution >= 0.6 is 27.3 Å². The molecule has 0 fully saturated rings. The number of rotatable bonds is 2. The maximum atomic E-state index is 5.38. The lowest BCUT2D eigenvalue weighted by Gasteiger charge is -2.00. The Balaban J connectivity index is 1.71. The molecule has 2 aromatic heterocycles. The molecule has 0 radical (unpaired) electrons. The zero-order valence-electron chi connectivity index (χ0n) is 10.4. The number of anilines is 1. The molecule has 0 atom stereocenters. The van der Waals surface area contributed by atoms with Crippen molar-refractivity contribution in [2.24, 2.45) is 0 Å². The van der Waals surface area contributed by atoms with Gasteiger partial charge in [0, 0.05) is 17.8 Å². The lowest BCUT2D eigenvalue weighted by molar-refractivity contribution is 0.432. The molecular formula is C14H10BrN3OS. The summed E-state index contributed by atoms with van der Waals surface area (Å²) in [5.74, 6) is 1.19. The second-order valence-corrected chi connectivity index (χ2v) is 7.04. The van der Waals surface area contributed by atoms with E-state index in [0.29, 0.717) is 11.7 Å². The number of fused-ring (bicyclic) bond motifs is 1. The van der Waals surface area contributed by atoms with Gasteiger partial charge in [-0.3, -0.25) is 0 Å². The van der Waals surface area contributed by atoms with Gasteiger partial charge in [-0.25, -0.2) is 0 Å². The van der Waals surface area contributed by atoms with E-state index in [1.807, 2.05) is 18.2 Å². The van der Waals surface area contributed by atoms with Crippen LogP contribution < -0.4 is 5.32 Å². The van der Waals surface area contributed by atoms with Gasteiger partial charge in [-0.1, -0.05) is 11.2 Å². The zero-order chi connectivity index (χ0) is 13.5. The van der Waals surface area contributed by atoms with Gasteiger partial charge in [0.25, 0.3) is 5.89 Å². The number of benzene rings is 1. The first-order valence-corrected chi connectivity index (χ1v) is 7.87. The Morgan fingerprint density at radius 1 is 1.25 bits per heavy atom. The minimum atomic E-state index is 0.557. The summed E-state index contributed by atoms with van der Waals surface area (Å²) < 4.78 is 6.43. The second kappa shape index (κ2) is 4.71. The highest BCUT2D eigenvalue weighted by molar-refractivity contribution is 9.11. The van der Waals surface area contributed by atoms with E-state index in [2.05, 4.69) is 43.5 Å². The Morgan fingerprint density at radius 2 is 2.20 bits per heavy atom. The molecule has 1 aliphatic heterocycles. The number of hydrogen-bond acceptors (Lipinski definition) is 5.